The van der Waals surface area contributed by atoms with Crippen LogP contribution in [0.3, 0.4) is 0 Å². The Labute approximate surface area is 153 Å². The van der Waals surface area contributed by atoms with Crippen LogP contribution in [0.25, 0.3) is 0 Å². The van der Waals surface area contributed by atoms with E-state index in [1.165, 1.54) is 0 Å². The molecule has 26 heavy (non-hydrogen) atoms. The minimum atomic E-state index is -0.841. The van der Waals surface area contributed by atoms with Crippen molar-refractivity contribution in [2.24, 2.45) is 0 Å². The van der Waals surface area contributed by atoms with Gasteiger partial charge in [0.25, 0.3) is 0 Å². The second-order valence-corrected chi connectivity index (χ2v) is 5.62. The quantitative estimate of drug-likeness (QED) is 0.551. The average Bonchev–Trinajstić information content (AvgIpc) is 2.69. The van der Waals surface area contributed by atoms with E-state index in [1.807, 2.05) is 18.2 Å². The van der Waals surface area contributed by atoms with Crippen LogP contribution >= 0.6 is 0 Å². The van der Waals surface area contributed by atoms with E-state index >= 15 is 0 Å². The minimum Gasteiger partial charge on any atom is -0.497 e. The highest BCUT2D eigenvalue weighted by Gasteiger charge is 2.19. The fourth-order valence-corrected chi connectivity index (χ4v) is 2.58. The van der Waals surface area contributed by atoms with Crippen LogP contribution in [0.1, 0.15) is 17.0 Å². The number of hydrogen-bond donors (Lipinski definition) is 1. The van der Waals surface area contributed by atoms with Crippen LogP contribution in [-0.2, 0) is 16.0 Å². The standard InChI is InChI=1S/C20H23NO5/c1-24-16-7-5-15(6-8-16)17(13-22)20(23)21-11-10-14-4-9-18(25-2)19(12-14)26-3/h4-9,12-13,17H,10-11H2,1-3H3,(H,21,23). The number of nitrogens with one attached hydrogen (secondary N) is 1. The summed E-state index contributed by atoms with van der Waals surface area (Å²) in [6.45, 7) is 0.412. The van der Waals surface area contributed by atoms with Crippen LogP contribution in [0.5, 0.6) is 17.2 Å². The van der Waals surface area contributed by atoms with Gasteiger partial charge in [-0.3, -0.25) is 4.79 Å². The fraction of sp³-hybridized carbons (Fsp3) is 0.300. The van der Waals surface area contributed by atoms with E-state index in [2.05, 4.69) is 5.32 Å². The Kier molecular flexibility index (Phi) is 7.02. The monoisotopic (exact) mass is 357 g/mol. The molecule has 0 fully saturated rings. The van der Waals surface area contributed by atoms with Gasteiger partial charge >= 0.3 is 0 Å². The normalized spacial score (nSPS) is 11.3. The summed E-state index contributed by atoms with van der Waals surface area (Å²) in [6, 6.07) is 12.5. The zero-order chi connectivity index (χ0) is 18.9. The highest BCUT2D eigenvalue weighted by atomic mass is 16.5. The van der Waals surface area contributed by atoms with Gasteiger partial charge in [0, 0.05) is 6.54 Å². The number of hydrogen-bond acceptors (Lipinski definition) is 5. The second-order valence-electron chi connectivity index (χ2n) is 5.62. The maximum absolute atomic E-state index is 12.3. The van der Waals surface area contributed by atoms with Crippen molar-refractivity contribution in [1.82, 2.24) is 5.32 Å². The third-order valence-electron chi connectivity index (χ3n) is 4.05. The van der Waals surface area contributed by atoms with E-state index in [9.17, 15) is 9.59 Å². The molecule has 6 heteroatoms. The lowest BCUT2D eigenvalue weighted by atomic mass is 9.99. The van der Waals surface area contributed by atoms with Crippen LogP contribution in [0.2, 0.25) is 0 Å². The zero-order valence-corrected chi connectivity index (χ0v) is 15.2. The molecule has 0 bridgehead atoms. The SMILES string of the molecule is COc1ccc(C(C=O)C(=O)NCCc2ccc(OC)c(OC)c2)cc1. The number of aldehydes is 1. The van der Waals surface area contributed by atoms with Gasteiger partial charge in [0.2, 0.25) is 5.91 Å². The first kappa shape index (κ1) is 19.3. The number of benzene rings is 2. The van der Waals surface area contributed by atoms with Gasteiger partial charge in [-0.1, -0.05) is 18.2 Å². The molecular formula is C20H23NO5. The molecule has 1 unspecified atom stereocenters. The van der Waals surface area contributed by atoms with Crippen LogP contribution in [0.4, 0.5) is 0 Å². The van der Waals surface area contributed by atoms with Gasteiger partial charge in [-0.25, -0.2) is 0 Å². The Morgan fingerprint density at radius 1 is 1.00 bits per heavy atom. The maximum Gasteiger partial charge on any atom is 0.234 e. The molecular weight excluding hydrogens is 334 g/mol. The Balaban J connectivity index is 1.95. The fourth-order valence-electron chi connectivity index (χ4n) is 2.58. The summed E-state index contributed by atoms with van der Waals surface area (Å²) in [5.41, 5.74) is 1.62. The molecule has 2 aromatic rings. The third kappa shape index (κ3) is 4.75. The molecule has 0 saturated heterocycles. The first-order chi connectivity index (χ1) is 12.6. The average molecular weight is 357 g/mol. The molecule has 0 saturated carbocycles. The summed E-state index contributed by atoms with van der Waals surface area (Å²) in [5, 5.41) is 2.80. The predicted molar refractivity (Wildman–Crippen MR) is 98.1 cm³/mol. The summed E-state index contributed by atoms with van der Waals surface area (Å²) in [7, 11) is 4.72. The van der Waals surface area contributed by atoms with Crippen LogP contribution in [0, 0.1) is 0 Å². The molecule has 0 heterocycles. The molecule has 2 rings (SSSR count). The second kappa shape index (κ2) is 9.46. The molecule has 6 nitrogen and oxygen atoms in total. The van der Waals surface area contributed by atoms with E-state index in [-0.39, 0.29) is 5.91 Å². The van der Waals surface area contributed by atoms with Crippen molar-refractivity contribution in [2.75, 3.05) is 27.9 Å². The van der Waals surface area contributed by atoms with Crippen molar-refractivity contribution >= 4 is 12.2 Å². The van der Waals surface area contributed by atoms with E-state index in [1.54, 1.807) is 45.6 Å². The molecule has 0 aromatic heterocycles. The summed E-state index contributed by atoms with van der Waals surface area (Å²) >= 11 is 0. The van der Waals surface area contributed by atoms with Crippen molar-refractivity contribution in [3.8, 4) is 17.2 Å². The Bertz CT molecular complexity index is 742. The topological polar surface area (TPSA) is 73.9 Å². The molecule has 0 aliphatic heterocycles. The van der Waals surface area contributed by atoms with Gasteiger partial charge in [-0.05, 0) is 41.8 Å². The largest absolute Gasteiger partial charge is 0.497 e. The molecule has 2 aromatic carbocycles. The highest BCUT2D eigenvalue weighted by Crippen LogP contribution is 2.27. The Morgan fingerprint density at radius 2 is 1.69 bits per heavy atom. The van der Waals surface area contributed by atoms with Crippen molar-refractivity contribution in [1.29, 1.82) is 0 Å². The minimum absolute atomic E-state index is 0.328. The number of methoxy groups -OCH3 is 3. The summed E-state index contributed by atoms with van der Waals surface area (Å²) in [4.78, 5) is 23.7. The number of ether oxygens (including phenoxy) is 3. The van der Waals surface area contributed by atoms with Gasteiger partial charge in [0.1, 0.15) is 18.0 Å². The Hall–Kier alpha value is -3.02. The van der Waals surface area contributed by atoms with E-state index < -0.39 is 5.92 Å². The van der Waals surface area contributed by atoms with Gasteiger partial charge in [-0.2, -0.15) is 0 Å². The Morgan fingerprint density at radius 3 is 2.27 bits per heavy atom. The van der Waals surface area contributed by atoms with E-state index in [4.69, 9.17) is 14.2 Å². The van der Waals surface area contributed by atoms with Gasteiger partial charge in [-0.15, -0.1) is 0 Å². The highest BCUT2D eigenvalue weighted by molar-refractivity contribution is 5.97. The smallest absolute Gasteiger partial charge is 0.234 e. The first-order valence-electron chi connectivity index (χ1n) is 8.20. The van der Waals surface area contributed by atoms with Crippen LogP contribution in [-0.4, -0.2) is 40.1 Å². The van der Waals surface area contributed by atoms with Gasteiger partial charge < -0.3 is 24.3 Å². The van der Waals surface area contributed by atoms with Crippen LogP contribution < -0.4 is 19.5 Å². The third-order valence-corrected chi connectivity index (χ3v) is 4.05. The van der Waals surface area contributed by atoms with E-state index in [0.29, 0.717) is 42.1 Å². The molecule has 1 N–H and O–H groups in total. The summed E-state index contributed by atoms with van der Waals surface area (Å²) in [6.07, 6.45) is 1.26. The first-order valence-corrected chi connectivity index (χ1v) is 8.20. The number of carbonyl (C=O) groups excluding carboxylic acids is 2. The molecule has 0 radical (unpaired) electrons. The van der Waals surface area contributed by atoms with Crippen molar-refractivity contribution in [2.45, 2.75) is 12.3 Å². The molecule has 138 valence electrons. The molecule has 1 amide bonds. The van der Waals surface area contributed by atoms with E-state index in [0.717, 1.165) is 5.56 Å². The van der Waals surface area contributed by atoms with Gasteiger partial charge in [0.15, 0.2) is 11.5 Å². The molecule has 0 spiro atoms. The molecule has 1 atom stereocenters. The summed E-state index contributed by atoms with van der Waals surface area (Å²) < 4.78 is 15.6. The lowest BCUT2D eigenvalue weighted by Gasteiger charge is -2.13. The summed E-state index contributed by atoms with van der Waals surface area (Å²) in [5.74, 6) is 0.797. The number of amides is 1. The lowest BCUT2D eigenvalue weighted by Crippen LogP contribution is -2.31. The van der Waals surface area contributed by atoms with Gasteiger partial charge in [0.05, 0.1) is 21.3 Å². The lowest BCUT2D eigenvalue weighted by molar-refractivity contribution is -0.125. The van der Waals surface area contributed by atoms with Crippen molar-refractivity contribution < 1.29 is 23.8 Å². The maximum atomic E-state index is 12.3. The number of carbonyl (C=O) groups is 2. The number of rotatable bonds is 9. The van der Waals surface area contributed by atoms with Crippen molar-refractivity contribution in [3.05, 3.63) is 53.6 Å². The molecule has 0 aliphatic carbocycles. The molecule has 0 aliphatic rings. The predicted octanol–water partition coefficient (Wildman–Crippen LogP) is 2.35. The van der Waals surface area contributed by atoms with Crippen LogP contribution in [0.15, 0.2) is 42.5 Å². The van der Waals surface area contributed by atoms with Crippen molar-refractivity contribution in [3.63, 3.8) is 0 Å². The zero-order valence-electron chi connectivity index (χ0n) is 15.2.